The van der Waals surface area contributed by atoms with E-state index >= 15 is 0 Å². The Morgan fingerprint density at radius 2 is 1.25 bits per heavy atom. The van der Waals surface area contributed by atoms with Crippen molar-refractivity contribution in [3.63, 3.8) is 0 Å². The zero-order valence-corrected chi connectivity index (χ0v) is 32.3. The Morgan fingerprint density at radius 1 is 0.727 bits per heavy atom. The molecule has 55 heavy (non-hydrogen) atoms. The van der Waals surface area contributed by atoms with Crippen molar-refractivity contribution in [2.75, 3.05) is 24.6 Å². The quantitative estimate of drug-likeness (QED) is 0.0199. The number of nitrogens with two attached hydrogens (primary N) is 3. The second kappa shape index (κ2) is 25.1. The van der Waals surface area contributed by atoms with E-state index in [0.717, 1.165) is 0 Å². The minimum absolute atomic E-state index is 0.0264. The van der Waals surface area contributed by atoms with Crippen LogP contribution in [0.5, 0.6) is 0 Å². The fraction of sp³-hybridized carbons (Fsp3) is 0.545. The lowest BCUT2D eigenvalue weighted by atomic mass is 10.0. The van der Waals surface area contributed by atoms with E-state index in [4.69, 9.17) is 17.2 Å². The maximum atomic E-state index is 13.2. The van der Waals surface area contributed by atoms with Crippen molar-refractivity contribution in [1.82, 2.24) is 31.9 Å². The molecule has 0 heterocycles. The van der Waals surface area contributed by atoms with E-state index in [1.165, 1.54) is 0 Å². The standard InChI is InChI=1S/C33H52N10O10S2/c1-17(2)11-19(34)27(47)42-23(15-54)30(50)40-20(9-6-10-37-33(35)36)28(48)38-14-25(44)39-21(13-26(45)46)29(49)43-24(16-55)31(51)41-22(32(52)53)12-18-7-4-3-5-8-18/h3-5,7-8,17,19-24,54-55H,6,9-16,34H2,1-2H3,(H,38,48)(H,39,44)(H,40,50)(H,41,51)(H,42,47)(H,43,49)(H,45,46)(H,52,53)(H4,35,36,37)/t19-,20-,21-,22-,23-,24-/m0/s1. The average Bonchev–Trinajstić information content (AvgIpc) is 3.11. The van der Waals surface area contributed by atoms with Crippen molar-refractivity contribution >= 4 is 78.6 Å². The number of guanidine groups is 1. The van der Waals surface area contributed by atoms with Gasteiger partial charge in [0.2, 0.25) is 35.4 Å². The van der Waals surface area contributed by atoms with Gasteiger partial charge in [-0.15, -0.1) is 0 Å². The molecule has 20 nitrogen and oxygen atoms in total. The molecule has 1 rings (SSSR count). The number of carboxylic acids is 2. The van der Waals surface area contributed by atoms with E-state index in [9.17, 15) is 48.6 Å². The zero-order valence-electron chi connectivity index (χ0n) is 30.5. The molecule has 6 amide bonds. The highest BCUT2D eigenvalue weighted by Crippen LogP contribution is 2.07. The summed E-state index contributed by atoms with van der Waals surface area (Å²) in [5.41, 5.74) is 17.2. The van der Waals surface area contributed by atoms with Crippen LogP contribution in [0.2, 0.25) is 0 Å². The summed E-state index contributed by atoms with van der Waals surface area (Å²) >= 11 is 8.18. The number of hydrogen-bond donors (Lipinski definition) is 13. The Labute approximate surface area is 329 Å². The number of nitrogens with zero attached hydrogens (tertiary/aromatic N) is 1. The number of nitrogens with one attached hydrogen (secondary N) is 6. The summed E-state index contributed by atoms with van der Waals surface area (Å²) in [6.07, 6.45) is -0.480. The Kier molecular flexibility index (Phi) is 21.9. The van der Waals surface area contributed by atoms with Crippen molar-refractivity contribution < 1.29 is 48.6 Å². The highest BCUT2D eigenvalue weighted by atomic mass is 32.1. The van der Waals surface area contributed by atoms with Crippen LogP contribution in [0.25, 0.3) is 0 Å². The second-order valence-electron chi connectivity index (χ2n) is 12.8. The Hall–Kier alpha value is -5.09. The fourth-order valence-electron chi connectivity index (χ4n) is 4.84. The second-order valence-corrected chi connectivity index (χ2v) is 13.5. The molecule has 0 saturated carbocycles. The van der Waals surface area contributed by atoms with Crippen LogP contribution in [-0.2, 0) is 44.8 Å². The summed E-state index contributed by atoms with van der Waals surface area (Å²) in [5.74, 6) is -8.68. The number of carbonyl (C=O) groups excluding carboxylic acids is 6. The first-order valence-corrected chi connectivity index (χ1v) is 18.4. The summed E-state index contributed by atoms with van der Waals surface area (Å²) in [4.78, 5) is 105. The lowest BCUT2D eigenvalue weighted by Gasteiger charge is -2.24. The Morgan fingerprint density at radius 3 is 1.76 bits per heavy atom. The van der Waals surface area contributed by atoms with Gasteiger partial charge in [0.15, 0.2) is 5.96 Å². The topological polar surface area (TPSA) is 340 Å². The third kappa shape index (κ3) is 19.2. The molecule has 0 unspecified atom stereocenters. The van der Waals surface area contributed by atoms with Gasteiger partial charge in [0.05, 0.1) is 19.0 Å². The van der Waals surface area contributed by atoms with Gasteiger partial charge in [0.1, 0.15) is 30.2 Å². The van der Waals surface area contributed by atoms with Gasteiger partial charge in [0.25, 0.3) is 0 Å². The summed E-state index contributed by atoms with van der Waals surface area (Å²) in [7, 11) is 0. The van der Waals surface area contributed by atoms with Crippen LogP contribution in [0, 0.1) is 5.92 Å². The van der Waals surface area contributed by atoms with Crippen molar-refractivity contribution in [3.8, 4) is 0 Å². The van der Waals surface area contributed by atoms with E-state index < -0.39 is 96.6 Å². The molecule has 14 N–H and O–H groups in total. The van der Waals surface area contributed by atoms with Crippen LogP contribution in [0.1, 0.15) is 45.1 Å². The average molecular weight is 813 g/mol. The molecule has 0 aliphatic heterocycles. The molecule has 22 heteroatoms. The number of aliphatic imine (C=N–C) groups is 1. The SMILES string of the molecule is CC(C)C[C@H](N)C(=O)N[C@@H](CS)C(=O)N[C@@H](CCCN=C(N)N)C(=O)NCC(=O)N[C@@H](CC(=O)O)C(=O)N[C@@H](CS)C(=O)N[C@@H](Cc1ccccc1)C(=O)O. The number of aliphatic carboxylic acids is 2. The number of amides is 6. The normalized spacial score (nSPS) is 14.1. The monoisotopic (exact) mass is 812 g/mol. The predicted octanol–water partition coefficient (Wildman–Crippen LogP) is -3.38. The molecule has 1 aromatic carbocycles. The molecule has 0 radical (unpaired) electrons. The van der Waals surface area contributed by atoms with Crippen molar-refractivity contribution in [2.45, 2.75) is 82.2 Å². The van der Waals surface area contributed by atoms with Crippen molar-refractivity contribution in [1.29, 1.82) is 0 Å². The lowest BCUT2D eigenvalue weighted by molar-refractivity contribution is -0.143. The van der Waals surface area contributed by atoms with E-state index in [1.807, 2.05) is 13.8 Å². The summed E-state index contributed by atoms with van der Waals surface area (Å²) < 4.78 is 0. The molecule has 1 aromatic rings. The smallest absolute Gasteiger partial charge is 0.326 e. The van der Waals surface area contributed by atoms with E-state index in [2.05, 4.69) is 62.2 Å². The van der Waals surface area contributed by atoms with Gasteiger partial charge in [0, 0.05) is 24.5 Å². The van der Waals surface area contributed by atoms with Gasteiger partial charge >= 0.3 is 11.9 Å². The molecule has 306 valence electrons. The first-order valence-electron chi connectivity index (χ1n) is 17.2. The molecule has 0 aromatic heterocycles. The minimum atomic E-state index is -1.74. The zero-order chi connectivity index (χ0) is 41.7. The number of hydrogen-bond acceptors (Lipinski definition) is 12. The van der Waals surface area contributed by atoms with Gasteiger partial charge in [-0.2, -0.15) is 25.3 Å². The van der Waals surface area contributed by atoms with Crippen molar-refractivity contribution in [3.05, 3.63) is 35.9 Å². The van der Waals surface area contributed by atoms with Crippen LogP contribution in [0.3, 0.4) is 0 Å². The third-order valence-electron chi connectivity index (χ3n) is 7.62. The highest BCUT2D eigenvalue weighted by Gasteiger charge is 2.31. The van der Waals surface area contributed by atoms with Crippen LogP contribution >= 0.6 is 25.3 Å². The fourth-order valence-corrected chi connectivity index (χ4v) is 5.36. The Bertz CT molecular complexity index is 1510. The van der Waals surface area contributed by atoms with Crippen LogP contribution < -0.4 is 49.1 Å². The molecule has 0 bridgehead atoms. The number of carbonyl (C=O) groups is 8. The third-order valence-corrected chi connectivity index (χ3v) is 8.35. The van der Waals surface area contributed by atoms with Crippen LogP contribution in [0.15, 0.2) is 35.3 Å². The largest absolute Gasteiger partial charge is 0.481 e. The number of rotatable bonds is 25. The van der Waals surface area contributed by atoms with Gasteiger partial charge in [-0.25, -0.2) is 4.79 Å². The van der Waals surface area contributed by atoms with Gasteiger partial charge < -0.3 is 59.3 Å². The molecule has 0 aliphatic rings. The summed E-state index contributed by atoms with van der Waals surface area (Å²) in [5, 5.41) is 33.1. The first kappa shape index (κ1) is 47.9. The maximum Gasteiger partial charge on any atom is 0.326 e. The van der Waals surface area contributed by atoms with E-state index in [-0.39, 0.29) is 49.2 Å². The van der Waals surface area contributed by atoms with Gasteiger partial charge in [-0.1, -0.05) is 44.2 Å². The van der Waals surface area contributed by atoms with Gasteiger partial charge in [-0.3, -0.25) is 38.6 Å². The molecule has 6 atom stereocenters. The van der Waals surface area contributed by atoms with E-state index in [1.54, 1.807) is 30.3 Å². The first-order chi connectivity index (χ1) is 25.9. The molecular formula is C33H52N10O10S2. The molecule has 0 aliphatic carbocycles. The predicted molar refractivity (Wildman–Crippen MR) is 208 cm³/mol. The molecule has 0 fully saturated rings. The number of benzene rings is 1. The van der Waals surface area contributed by atoms with Gasteiger partial charge in [-0.05, 0) is 30.7 Å². The van der Waals surface area contributed by atoms with Crippen LogP contribution in [-0.4, -0.2) is 124 Å². The van der Waals surface area contributed by atoms with E-state index in [0.29, 0.717) is 12.0 Å². The van der Waals surface area contributed by atoms with Crippen molar-refractivity contribution in [2.24, 2.45) is 28.1 Å². The Balaban J connectivity index is 2.99. The summed E-state index contributed by atoms with van der Waals surface area (Å²) in [6.45, 7) is 3.05. The summed E-state index contributed by atoms with van der Waals surface area (Å²) in [6, 6.07) is 0.560. The molecule has 0 spiro atoms. The maximum absolute atomic E-state index is 13.2. The van der Waals surface area contributed by atoms with Crippen LogP contribution in [0.4, 0.5) is 0 Å². The number of thiol groups is 2. The lowest BCUT2D eigenvalue weighted by Crippen LogP contribution is -2.58. The minimum Gasteiger partial charge on any atom is -0.481 e. The highest BCUT2D eigenvalue weighted by molar-refractivity contribution is 7.80. The number of carboxylic acid groups (broad SMARTS) is 2. The molecule has 0 saturated heterocycles. The molecular weight excluding hydrogens is 761 g/mol.